The Morgan fingerprint density at radius 1 is 1.40 bits per heavy atom. The van der Waals surface area contributed by atoms with Crippen LogP contribution in [-0.4, -0.2) is 5.78 Å². The van der Waals surface area contributed by atoms with Gasteiger partial charge < -0.3 is 0 Å². The number of hydrogen-bond acceptors (Lipinski definition) is 1. The Morgan fingerprint density at radius 3 is 2.60 bits per heavy atom. The number of ketones is 1. The molecule has 0 aliphatic heterocycles. The predicted molar refractivity (Wildman–Crippen MR) is 64.8 cm³/mol. The lowest BCUT2D eigenvalue weighted by Gasteiger charge is -2.34. The van der Waals surface area contributed by atoms with Gasteiger partial charge in [-0.3, -0.25) is 4.79 Å². The van der Waals surface area contributed by atoms with Crippen molar-refractivity contribution in [2.45, 2.75) is 66.2 Å². The molecule has 1 nitrogen and oxygen atoms in total. The van der Waals surface area contributed by atoms with Crippen molar-refractivity contribution in [1.29, 1.82) is 0 Å². The molecule has 1 rings (SSSR count). The van der Waals surface area contributed by atoms with Crippen LogP contribution in [0.25, 0.3) is 0 Å². The van der Waals surface area contributed by atoms with Gasteiger partial charge in [0.15, 0.2) is 0 Å². The monoisotopic (exact) mass is 210 g/mol. The molecule has 0 heterocycles. The molecule has 88 valence electrons. The lowest BCUT2D eigenvalue weighted by molar-refractivity contribution is -0.123. The van der Waals surface area contributed by atoms with E-state index in [1.54, 1.807) is 0 Å². The molecule has 0 saturated heterocycles. The Labute approximate surface area is 94.6 Å². The van der Waals surface area contributed by atoms with E-state index in [2.05, 4.69) is 27.7 Å². The molecular weight excluding hydrogens is 184 g/mol. The van der Waals surface area contributed by atoms with Gasteiger partial charge in [0, 0.05) is 12.3 Å². The van der Waals surface area contributed by atoms with Crippen molar-refractivity contribution in [1.82, 2.24) is 0 Å². The Bertz CT molecular complexity index is 219. The summed E-state index contributed by atoms with van der Waals surface area (Å²) in [6.45, 7) is 9.08. The SMILES string of the molecule is CCCCCC1C(=O)CCC1(C)C(C)C. The molecule has 0 spiro atoms. The number of carbonyl (C=O) groups is 1. The molecule has 1 heteroatoms. The summed E-state index contributed by atoms with van der Waals surface area (Å²) >= 11 is 0. The van der Waals surface area contributed by atoms with E-state index in [0.717, 1.165) is 19.3 Å². The van der Waals surface area contributed by atoms with Crippen LogP contribution in [0.3, 0.4) is 0 Å². The highest BCUT2D eigenvalue weighted by Gasteiger charge is 2.45. The van der Waals surface area contributed by atoms with Gasteiger partial charge in [0.25, 0.3) is 0 Å². The number of hydrogen-bond donors (Lipinski definition) is 0. The summed E-state index contributed by atoms with van der Waals surface area (Å²) in [4.78, 5) is 11.9. The second-order valence-corrected chi connectivity index (χ2v) is 5.68. The van der Waals surface area contributed by atoms with Crippen LogP contribution in [0.1, 0.15) is 66.2 Å². The second-order valence-electron chi connectivity index (χ2n) is 5.68. The summed E-state index contributed by atoms with van der Waals surface area (Å²) in [5.74, 6) is 1.52. The minimum Gasteiger partial charge on any atom is -0.299 e. The smallest absolute Gasteiger partial charge is 0.136 e. The fourth-order valence-corrected chi connectivity index (χ4v) is 2.89. The maximum Gasteiger partial charge on any atom is 0.136 e. The third-order valence-electron chi connectivity index (χ3n) is 4.51. The van der Waals surface area contributed by atoms with Crippen molar-refractivity contribution >= 4 is 5.78 Å². The van der Waals surface area contributed by atoms with Crippen molar-refractivity contribution < 1.29 is 4.79 Å². The number of Topliss-reactive ketones (excluding diaryl/α,β-unsaturated/α-hetero) is 1. The Hall–Kier alpha value is -0.330. The van der Waals surface area contributed by atoms with Crippen LogP contribution in [0, 0.1) is 17.3 Å². The zero-order valence-electron chi connectivity index (χ0n) is 10.8. The van der Waals surface area contributed by atoms with E-state index >= 15 is 0 Å². The molecule has 0 aromatic heterocycles. The van der Waals surface area contributed by atoms with E-state index < -0.39 is 0 Å². The van der Waals surface area contributed by atoms with Crippen LogP contribution in [0.4, 0.5) is 0 Å². The highest BCUT2D eigenvalue weighted by Crippen LogP contribution is 2.48. The quantitative estimate of drug-likeness (QED) is 0.621. The first kappa shape index (κ1) is 12.7. The maximum atomic E-state index is 11.9. The van der Waals surface area contributed by atoms with E-state index in [0.29, 0.717) is 17.6 Å². The normalized spacial score (nSPS) is 31.5. The first-order chi connectivity index (χ1) is 7.02. The highest BCUT2D eigenvalue weighted by atomic mass is 16.1. The third-order valence-corrected chi connectivity index (χ3v) is 4.51. The molecule has 0 amide bonds. The fourth-order valence-electron chi connectivity index (χ4n) is 2.89. The molecule has 1 aliphatic carbocycles. The van der Waals surface area contributed by atoms with Crippen LogP contribution in [-0.2, 0) is 4.79 Å². The summed E-state index contributed by atoms with van der Waals surface area (Å²) in [6.07, 6.45) is 6.82. The largest absolute Gasteiger partial charge is 0.299 e. The summed E-state index contributed by atoms with van der Waals surface area (Å²) < 4.78 is 0. The third kappa shape index (κ3) is 2.62. The first-order valence-corrected chi connectivity index (χ1v) is 6.55. The molecule has 1 fully saturated rings. The van der Waals surface area contributed by atoms with Gasteiger partial charge in [-0.1, -0.05) is 47.0 Å². The molecule has 2 atom stereocenters. The Balaban J connectivity index is 2.60. The molecule has 0 bridgehead atoms. The van der Waals surface area contributed by atoms with Gasteiger partial charge in [0.05, 0.1) is 0 Å². The lowest BCUT2D eigenvalue weighted by atomic mass is 9.69. The van der Waals surface area contributed by atoms with Crippen molar-refractivity contribution in [3.05, 3.63) is 0 Å². The number of unbranched alkanes of at least 4 members (excludes halogenated alkanes) is 2. The number of carbonyl (C=O) groups excluding carboxylic acids is 1. The fraction of sp³-hybridized carbons (Fsp3) is 0.929. The Kier molecular flexibility index (Phi) is 4.36. The van der Waals surface area contributed by atoms with Gasteiger partial charge in [0.1, 0.15) is 5.78 Å². The van der Waals surface area contributed by atoms with Crippen molar-refractivity contribution in [2.75, 3.05) is 0 Å². The lowest BCUT2D eigenvalue weighted by Crippen LogP contribution is -2.30. The minimum atomic E-state index is 0.283. The van der Waals surface area contributed by atoms with E-state index in [-0.39, 0.29) is 5.41 Å². The molecule has 0 N–H and O–H groups in total. The molecule has 0 aromatic carbocycles. The van der Waals surface area contributed by atoms with E-state index in [1.807, 2.05) is 0 Å². The van der Waals surface area contributed by atoms with Gasteiger partial charge in [-0.15, -0.1) is 0 Å². The van der Waals surface area contributed by atoms with E-state index in [9.17, 15) is 4.79 Å². The zero-order valence-corrected chi connectivity index (χ0v) is 10.8. The summed E-state index contributed by atoms with van der Waals surface area (Å²) in [6, 6.07) is 0. The van der Waals surface area contributed by atoms with Crippen LogP contribution >= 0.6 is 0 Å². The van der Waals surface area contributed by atoms with Crippen molar-refractivity contribution in [3.8, 4) is 0 Å². The van der Waals surface area contributed by atoms with Gasteiger partial charge in [-0.2, -0.15) is 0 Å². The van der Waals surface area contributed by atoms with Crippen LogP contribution in [0.2, 0.25) is 0 Å². The van der Waals surface area contributed by atoms with Gasteiger partial charge in [-0.25, -0.2) is 0 Å². The van der Waals surface area contributed by atoms with Gasteiger partial charge in [0.2, 0.25) is 0 Å². The Morgan fingerprint density at radius 2 is 2.07 bits per heavy atom. The average molecular weight is 210 g/mol. The molecular formula is C14H26O. The summed E-state index contributed by atoms with van der Waals surface area (Å²) in [7, 11) is 0. The van der Waals surface area contributed by atoms with E-state index in [1.165, 1.54) is 19.3 Å². The zero-order chi connectivity index (χ0) is 11.5. The summed E-state index contributed by atoms with van der Waals surface area (Å²) in [5.41, 5.74) is 0.283. The first-order valence-electron chi connectivity index (χ1n) is 6.55. The van der Waals surface area contributed by atoms with Gasteiger partial charge >= 0.3 is 0 Å². The van der Waals surface area contributed by atoms with Crippen LogP contribution < -0.4 is 0 Å². The molecule has 15 heavy (non-hydrogen) atoms. The van der Waals surface area contributed by atoms with Crippen LogP contribution in [0.5, 0.6) is 0 Å². The minimum absolute atomic E-state index is 0.283. The van der Waals surface area contributed by atoms with E-state index in [4.69, 9.17) is 0 Å². The molecule has 2 unspecified atom stereocenters. The topological polar surface area (TPSA) is 17.1 Å². The maximum absolute atomic E-state index is 11.9. The standard InChI is InChI=1S/C14H26O/c1-5-6-7-8-12-13(15)9-10-14(12,4)11(2)3/h11-12H,5-10H2,1-4H3. The highest BCUT2D eigenvalue weighted by molar-refractivity contribution is 5.84. The summed E-state index contributed by atoms with van der Waals surface area (Å²) in [5, 5.41) is 0. The second kappa shape index (κ2) is 5.14. The van der Waals surface area contributed by atoms with Crippen molar-refractivity contribution in [3.63, 3.8) is 0 Å². The molecule has 0 radical (unpaired) electrons. The predicted octanol–water partition coefficient (Wildman–Crippen LogP) is 4.21. The molecule has 1 aliphatic rings. The van der Waals surface area contributed by atoms with Crippen molar-refractivity contribution in [2.24, 2.45) is 17.3 Å². The molecule has 1 saturated carbocycles. The van der Waals surface area contributed by atoms with Gasteiger partial charge in [-0.05, 0) is 24.2 Å². The molecule has 0 aromatic rings. The number of rotatable bonds is 5. The van der Waals surface area contributed by atoms with Crippen LogP contribution in [0.15, 0.2) is 0 Å². The average Bonchev–Trinajstić information content (AvgIpc) is 2.47.